The number of nitrogens with one attached hydrogen (secondary N) is 2. The van der Waals surface area contributed by atoms with Gasteiger partial charge >= 0.3 is 0 Å². The first-order valence-electron chi connectivity index (χ1n) is 9.94. The maximum absolute atomic E-state index is 12.4. The van der Waals surface area contributed by atoms with Gasteiger partial charge in [-0.2, -0.15) is 0 Å². The summed E-state index contributed by atoms with van der Waals surface area (Å²) in [5.74, 6) is -0.439. The van der Waals surface area contributed by atoms with E-state index in [2.05, 4.69) is 25.7 Å². The van der Waals surface area contributed by atoms with Crippen LogP contribution in [0.5, 0.6) is 0 Å². The van der Waals surface area contributed by atoms with Crippen LogP contribution < -0.4 is 15.5 Å². The van der Waals surface area contributed by atoms with Crippen LogP contribution >= 0.6 is 46.3 Å². The van der Waals surface area contributed by atoms with Crippen molar-refractivity contribution in [2.24, 2.45) is 0 Å². The van der Waals surface area contributed by atoms with Crippen molar-refractivity contribution in [2.75, 3.05) is 47.6 Å². The number of morpholine rings is 1. The molecule has 0 spiro atoms. The van der Waals surface area contributed by atoms with Gasteiger partial charge in [0.2, 0.25) is 11.0 Å². The Balaban J connectivity index is 1.28. The molecular weight excluding hydrogens is 505 g/mol. The third-order valence-electron chi connectivity index (χ3n) is 4.66. The molecule has 1 fully saturated rings. The summed E-state index contributed by atoms with van der Waals surface area (Å²) in [6.45, 7) is 2.90. The molecule has 12 heteroatoms. The Morgan fingerprint density at radius 2 is 1.85 bits per heavy atom. The summed E-state index contributed by atoms with van der Waals surface area (Å²) in [6.07, 6.45) is 0. The lowest BCUT2D eigenvalue weighted by Crippen LogP contribution is -2.36. The van der Waals surface area contributed by atoms with E-state index in [9.17, 15) is 9.59 Å². The van der Waals surface area contributed by atoms with Crippen LogP contribution in [0.15, 0.2) is 46.8 Å². The van der Waals surface area contributed by atoms with Crippen molar-refractivity contribution >= 4 is 74.6 Å². The lowest BCUT2D eigenvalue weighted by molar-refractivity contribution is -0.113. The Hall–Kier alpha value is -2.37. The Kier molecular flexibility index (Phi) is 8.05. The minimum atomic E-state index is -0.372. The normalized spacial score (nSPS) is 13.6. The van der Waals surface area contributed by atoms with Crippen LogP contribution in [0, 0.1) is 0 Å². The number of anilines is 3. The topological polar surface area (TPSA) is 96.5 Å². The summed E-state index contributed by atoms with van der Waals surface area (Å²) in [7, 11) is 0. The fraction of sp³-hybridized carbons (Fsp3) is 0.238. The molecule has 1 aliphatic rings. The molecular formula is C21H19Cl2N5O3S2. The summed E-state index contributed by atoms with van der Waals surface area (Å²) in [5.41, 5.74) is 1.89. The lowest BCUT2D eigenvalue weighted by Gasteiger charge is -2.29. The zero-order valence-electron chi connectivity index (χ0n) is 17.2. The molecule has 2 amide bonds. The molecule has 33 heavy (non-hydrogen) atoms. The third-order valence-corrected chi connectivity index (χ3v) is 7.26. The van der Waals surface area contributed by atoms with Crippen molar-refractivity contribution in [1.82, 2.24) is 10.2 Å². The molecule has 2 N–H and O–H groups in total. The molecule has 0 bridgehead atoms. The fourth-order valence-corrected chi connectivity index (χ4v) is 5.17. The van der Waals surface area contributed by atoms with E-state index in [1.807, 2.05) is 12.1 Å². The van der Waals surface area contributed by atoms with Gasteiger partial charge in [-0.3, -0.25) is 14.9 Å². The first kappa shape index (κ1) is 23.8. The monoisotopic (exact) mass is 523 g/mol. The van der Waals surface area contributed by atoms with E-state index in [4.69, 9.17) is 27.9 Å². The van der Waals surface area contributed by atoms with Crippen LogP contribution in [-0.2, 0) is 9.53 Å². The van der Waals surface area contributed by atoms with E-state index in [1.165, 1.54) is 23.1 Å². The smallest absolute Gasteiger partial charge is 0.259 e. The van der Waals surface area contributed by atoms with Crippen LogP contribution in [0.3, 0.4) is 0 Å². The maximum Gasteiger partial charge on any atom is 0.259 e. The second-order valence-corrected chi connectivity index (χ2v) is 9.92. The number of hydrogen-bond acceptors (Lipinski definition) is 8. The third kappa shape index (κ3) is 6.36. The van der Waals surface area contributed by atoms with Crippen molar-refractivity contribution in [3.8, 4) is 0 Å². The van der Waals surface area contributed by atoms with Crippen LogP contribution in [-0.4, -0.2) is 54.1 Å². The Morgan fingerprint density at radius 3 is 2.61 bits per heavy atom. The average Bonchev–Trinajstić information content (AvgIpc) is 3.26. The van der Waals surface area contributed by atoms with E-state index in [-0.39, 0.29) is 17.6 Å². The zero-order chi connectivity index (χ0) is 23.2. The minimum Gasteiger partial charge on any atom is -0.378 e. The number of aromatic nitrogens is 2. The molecule has 2 aromatic carbocycles. The second kappa shape index (κ2) is 11.2. The second-order valence-electron chi connectivity index (χ2n) is 6.91. The van der Waals surface area contributed by atoms with Crippen molar-refractivity contribution in [3.05, 3.63) is 58.1 Å². The summed E-state index contributed by atoms with van der Waals surface area (Å²) in [6, 6.07) is 12.2. The van der Waals surface area contributed by atoms with Crippen molar-refractivity contribution in [1.29, 1.82) is 0 Å². The molecule has 2 heterocycles. The van der Waals surface area contributed by atoms with Crippen LogP contribution in [0.2, 0.25) is 10.0 Å². The quantitative estimate of drug-likeness (QED) is 0.343. The van der Waals surface area contributed by atoms with Crippen molar-refractivity contribution in [2.45, 2.75) is 4.34 Å². The number of carbonyl (C=O) groups excluding carboxylic acids is 2. The van der Waals surface area contributed by atoms with Gasteiger partial charge in [-0.05, 0) is 30.3 Å². The summed E-state index contributed by atoms with van der Waals surface area (Å²) in [4.78, 5) is 26.8. The molecule has 1 saturated heterocycles. The number of hydrogen-bond donors (Lipinski definition) is 2. The summed E-state index contributed by atoms with van der Waals surface area (Å²) >= 11 is 14.9. The number of thioether (sulfide) groups is 1. The maximum atomic E-state index is 12.4. The lowest BCUT2D eigenvalue weighted by atomic mass is 10.2. The highest BCUT2D eigenvalue weighted by molar-refractivity contribution is 8.01. The van der Waals surface area contributed by atoms with Crippen LogP contribution in [0.1, 0.15) is 10.4 Å². The number of nitrogens with zero attached hydrogens (tertiary/aromatic N) is 3. The van der Waals surface area contributed by atoms with Gasteiger partial charge in [-0.1, -0.05) is 58.4 Å². The van der Waals surface area contributed by atoms with Gasteiger partial charge in [0, 0.05) is 18.8 Å². The average molecular weight is 524 g/mol. The molecule has 0 aliphatic carbocycles. The Morgan fingerprint density at radius 1 is 1.06 bits per heavy atom. The van der Waals surface area contributed by atoms with E-state index in [0.717, 1.165) is 18.8 Å². The molecule has 0 atom stereocenters. The molecule has 0 radical (unpaired) electrons. The van der Waals surface area contributed by atoms with Crippen molar-refractivity contribution < 1.29 is 14.3 Å². The molecule has 172 valence electrons. The predicted octanol–water partition coefficient (Wildman–Crippen LogP) is 4.66. The van der Waals surface area contributed by atoms with Crippen molar-refractivity contribution in [3.63, 3.8) is 0 Å². The van der Waals surface area contributed by atoms with Gasteiger partial charge in [-0.25, -0.2) is 0 Å². The number of rotatable bonds is 7. The van der Waals surface area contributed by atoms with E-state index in [1.54, 1.807) is 30.3 Å². The highest BCUT2D eigenvalue weighted by Crippen LogP contribution is 2.30. The molecule has 0 saturated carbocycles. The van der Waals surface area contributed by atoms with Crippen LogP contribution in [0.4, 0.5) is 16.5 Å². The molecule has 1 aliphatic heterocycles. The first-order valence-corrected chi connectivity index (χ1v) is 12.5. The molecule has 3 aromatic rings. The van der Waals surface area contributed by atoms with E-state index >= 15 is 0 Å². The van der Waals surface area contributed by atoms with Gasteiger partial charge in [-0.15, -0.1) is 10.2 Å². The predicted molar refractivity (Wildman–Crippen MR) is 133 cm³/mol. The highest BCUT2D eigenvalue weighted by atomic mass is 35.5. The number of amides is 2. The van der Waals surface area contributed by atoms with E-state index in [0.29, 0.717) is 44.0 Å². The minimum absolute atomic E-state index is 0.135. The Bertz CT molecular complexity index is 1150. The molecule has 0 unspecified atom stereocenters. The highest BCUT2D eigenvalue weighted by Gasteiger charge is 2.16. The molecule has 8 nitrogen and oxygen atoms in total. The SMILES string of the molecule is O=C(CSc1nnc(NC(=O)c2ccccc2Cl)s1)Nc1ccc(N2CCOCC2)c(Cl)c1. The summed E-state index contributed by atoms with van der Waals surface area (Å²) in [5, 5.41) is 14.7. The largest absolute Gasteiger partial charge is 0.378 e. The molecule has 4 rings (SSSR count). The fourth-order valence-electron chi connectivity index (χ4n) is 3.10. The van der Waals surface area contributed by atoms with Gasteiger partial charge in [0.05, 0.1) is 40.3 Å². The van der Waals surface area contributed by atoms with Gasteiger partial charge in [0.1, 0.15) is 0 Å². The van der Waals surface area contributed by atoms with E-state index < -0.39 is 0 Å². The summed E-state index contributed by atoms with van der Waals surface area (Å²) < 4.78 is 5.92. The van der Waals surface area contributed by atoms with Crippen LogP contribution in [0.25, 0.3) is 0 Å². The first-order chi connectivity index (χ1) is 16.0. The van der Waals surface area contributed by atoms with Gasteiger partial charge in [0.25, 0.3) is 5.91 Å². The number of ether oxygens (including phenoxy) is 1. The van der Waals surface area contributed by atoms with Gasteiger partial charge < -0.3 is 15.0 Å². The number of halogens is 2. The zero-order valence-corrected chi connectivity index (χ0v) is 20.4. The number of benzene rings is 2. The number of carbonyl (C=O) groups is 2. The van der Waals surface area contributed by atoms with Gasteiger partial charge in [0.15, 0.2) is 4.34 Å². The standard InChI is InChI=1S/C21H19Cl2N5O3S2/c22-15-4-2-1-3-14(15)19(30)25-20-26-27-21(33-20)32-12-18(29)24-13-5-6-17(16(23)11-13)28-7-9-31-10-8-28/h1-6,11H,7-10,12H2,(H,24,29)(H,25,26,30). The Labute approximate surface area is 208 Å². The molecule has 1 aromatic heterocycles.